The molecular weight excluding hydrogens is 344 g/mol. The molecule has 2 fully saturated rings. The van der Waals surface area contributed by atoms with Crippen LogP contribution in [0.3, 0.4) is 0 Å². The zero-order valence-electron chi connectivity index (χ0n) is 15.6. The van der Waals surface area contributed by atoms with Crippen molar-refractivity contribution in [2.45, 2.75) is 31.8 Å². The van der Waals surface area contributed by atoms with Crippen molar-refractivity contribution in [3.05, 3.63) is 36.2 Å². The van der Waals surface area contributed by atoms with Gasteiger partial charge in [0.15, 0.2) is 0 Å². The lowest BCUT2D eigenvalue weighted by molar-refractivity contribution is -0.131. The van der Waals surface area contributed by atoms with Crippen LogP contribution in [-0.2, 0) is 9.53 Å². The molecule has 2 aromatic rings. The van der Waals surface area contributed by atoms with Crippen LogP contribution in [0.15, 0.2) is 30.5 Å². The molecule has 0 aliphatic carbocycles. The van der Waals surface area contributed by atoms with Crippen LogP contribution in [0.1, 0.15) is 36.7 Å². The molecule has 3 heterocycles. The minimum atomic E-state index is -0.339. The van der Waals surface area contributed by atoms with Gasteiger partial charge < -0.3 is 14.5 Å². The summed E-state index contributed by atoms with van der Waals surface area (Å²) in [5.74, 6) is 0.0551. The van der Waals surface area contributed by atoms with Crippen LogP contribution in [0, 0.1) is 0 Å². The van der Waals surface area contributed by atoms with Crippen molar-refractivity contribution >= 4 is 22.8 Å². The van der Waals surface area contributed by atoms with Crippen molar-refractivity contribution in [2.24, 2.45) is 0 Å². The standard InChI is InChI=1S/C20H24N4O3/c1-2-23-14-20(27-12-7-18(23)25)8-10-24(11-9-20)19(26)17-13-21-15-5-3-4-6-16(15)22-17/h3-6,13H,2,7-12,14H2,1H3. The number of carbonyl (C=O) groups excluding carboxylic acids is 2. The summed E-state index contributed by atoms with van der Waals surface area (Å²) in [4.78, 5) is 37.5. The van der Waals surface area contributed by atoms with E-state index in [-0.39, 0.29) is 17.4 Å². The fourth-order valence-corrected chi connectivity index (χ4v) is 3.92. The molecule has 1 aromatic heterocycles. The van der Waals surface area contributed by atoms with Crippen LogP contribution in [0.5, 0.6) is 0 Å². The highest BCUT2D eigenvalue weighted by atomic mass is 16.5. The molecule has 2 aliphatic rings. The van der Waals surface area contributed by atoms with Gasteiger partial charge in [0.25, 0.3) is 5.91 Å². The Morgan fingerprint density at radius 2 is 1.96 bits per heavy atom. The molecule has 0 N–H and O–H groups in total. The monoisotopic (exact) mass is 368 g/mol. The molecule has 0 radical (unpaired) electrons. The van der Waals surface area contributed by atoms with Gasteiger partial charge in [0.05, 0.1) is 35.9 Å². The minimum absolute atomic E-state index is 0.0971. The van der Waals surface area contributed by atoms with E-state index in [9.17, 15) is 9.59 Å². The van der Waals surface area contributed by atoms with Gasteiger partial charge >= 0.3 is 0 Å². The van der Waals surface area contributed by atoms with Crippen molar-refractivity contribution in [1.82, 2.24) is 19.8 Å². The van der Waals surface area contributed by atoms with Crippen molar-refractivity contribution < 1.29 is 14.3 Å². The average molecular weight is 368 g/mol. The normalized spacial score (nSPS) is 20.1. The molecule has 1 spiro atoms. The predicted molar refractivity (Wildman–Crippen MR) is 100 cm³/mol. The number of rotatable bonds is 2. The lowest BCUT2D eigenvalue weighted by atomic mass is 9.90. The molecule has 1 aromatic carbocycles. The number of para-hydroxylation sites is 2. The second kappa shape index (κ2) is 7.23. The number of aromatic nitrogens is 2. The highest BCUT2D eigenvalue weighted by Gasteiger charge is 2.41. The molecular formula is C20H24N4O3. The smallest absolute Gasteiger partial charge is 0.274 e. The lowest BCUT2D eigenvalue weighted by Gasteiger charge is -2.42. The fourth-order valence-electron chi connectivity index (χ4n) is 3.92. The summed E-state index contributed by atoms with van der Waals surface area (Å²) in [6.07, 6.45) is 3.44. The summed E-state index contributed by atoms with van der Waals surface area (Å²) in [6, 6.07) is 7.53. The van der Waals surface area contributed by atoms with E-state index >= 15 is 0 Å². The second-order valence-corrected chi connectivity index (χ2v) is 7.23. The summed E-state index contributed by atoms with van der Waals surface area (Å²) in [5.41, 5.74) is 1.54. The van der Waals surface area contributed by atoms with Gasteiger partial charge in [0.2, 0.25) is 5.91 Å². The predicted octanol–water partition coefficient (Wildman–Crippen LogP) is 1.87. The number of ether oxygens (including phenoxy) is 1. The summed E-state index contributed by atoms with van der Waals surface area (Å²) in [6.45, 7) is 4.95. The lowest BCUT2D eigenvalue weighted by Crippen LogP contribution is -2.53. The van der Waals surface area contributed by atoms with Crippen LogP contribution in [0.2, 0.25) is 0 Å². The van der Waals surface area contributed by atoms with E-state index in [1.54, 1.807) is 6.20 Å². The fraction of sp³-hybridized carbons (Fsp3) is 0.500. The Labute approximate surface area is 158 Å². The maximum Gasteiger partial charge on any atom is 0.274 e. The van der Waals surface area contributed by atoms with Crippen LogP contribution in [0.4, 0.5) is 0 Å². The SMILES string of the molecule is CCN1CC2(CCN(C(=O)c3cnc4ccccc4n3)CC2)OCCC1=O. The molecule has 0 atom stereocenters. The third-order valence-corrected chi connectivity index (χ3v) is 5.57. The number of amides is 2. The first-order valence-electron chi connectivity index (χ1n) is 9.53. The molecule has 7 nitrogen and oxygen atoms in total. The third kappa shape index (κ3) is 3.51. The Hall–Kier alpha value is -2.54. The first-order chi connectivity index (χ1) is 13.1. The van der Waals surface area contributed by atoms with E-state index in [1.807, 2.05) is 41.0 Å². The van der Waals surface area contributed by atoms with Crippen LogP contribution in [0.25, 0.3) is 11.0 Å². The summed E-state index contributed by atoms with van der Waals surface area (Å²) in [5, 5.41) is 0. The first-order valence-corrected chi connectivity index (χ1v) is 9.53. The summed E-state index contributed by atoms with van der Waals surface area (Å²) >= 11 is 0. The molecule has 2 aliphatic heterocycles. The van der Waals surface area contributed by atoms with Gasteiger partial charge in [-0.3, -0.25) is 14.6 Å². The molecule has 0 unspecified atom stereocenters. The molecule has 27 heavy (non-hydrogen) atoms. The maximum atomic E-state index is 12.9. The highest BCUT2D eigenvalue weighted by molar-refractivity contribution is 5.93. The van der Waals surface area contributed by atoms with E-state index in [0.717, 1.165) is 23.9 Å². The van der Waals surface area contributed by atoms with Gasteiger partial charge in [-0.05, 0) is 31.9 Å². The zero-order valence-corrected chi connectivity index (χ0v) is 15.6. The number of nitrogens with zero attached hydrogens (tertiary/aromatic N) is 4. The van der Waals surface area contributed by atoms with Gasteiger partial charge in [0, 0.05) is 26.2 Å². The van der Waals surface area contributed by atoms with E-state index in [2.05, 4.69) is 9.97 Å². The Morgan fingerprint density at radius 3 is 2.70 bits per heavy atom. The number of hydrogen-bond acceptors (Lipinski definition) is 5. The number of carbonyl (C=O) groups is 2. The summed E-state index contributed by atoms with van der Waals surface area (Å²) in [7, 11) is 0. The van der Waals surface area contributed by atoms with Gasteiger partial charge in [-0.2, -0.15) is 0 Å². The highest BCUT2D eigenvalue weighted by Crippen LogP contribution is 2.30. The quantitative estimate of drug-likeness (QED) is 0.809. The number of benzene rings is 1. The van der Waals surface area contributed by atoms with E-state index < -0.39 is 0 Å². The van der Waals surface area contributed by atoms with Gasteiger partial charge in [0.1, 0.15) is 5.69 Å². The topological polar surface area (TPSA) is 75.6 Å². The van der Waals surface area contributed by atoms with Crippen molar-refractivity contribution in [1.29, 1.82) is 0 Å². The molecule has 142 valence electrons. The molecule has 2 amide bonds. The van der Waals surface area contributed by atoms with Gasteiger partial charge in [-0.1, -0.05) is 12.1 Å². The van der Waals surface area contributed by atoms with Gasteiger partial charge in [-0.25, -0.2) is 4.98 Å². The average Bonchev–Trinajstić information content (AvgIpc) is 2.86. The van der Waals surface area contributed by atoms with Crippen LogP contribution < -0.4 is 0 Å². The van der Waals surface area contributed by atoms with E-state index in [0.29, 0.717) is 44.9 Å². The number of likely N-dealkylation sites (N-methyl/N-ethyl adjacent to an activating group) is 1. The third-order valence-electron chi connectivity index (χ3n) is 5.57. The van der Waals surface area contributed by atoms with E-state index in [4.69, 9.17) is 4.74 Å². The molecule has 7 heteroatoms. The Kier molecular flexibility index (Phi) is 4.78. The molecule has 0 bridgehead atoms. The number of fused-ring (bicyclic) bond motifs is 1. The zero-order chi connectivity index (χ0) is 18.9. The Morgan fingerprint density at radius 1 is 1.22 bits per heavy atom. The van der Waals surface area contributed by atoms with Gasteiger partial charge in [-0.15, -0.1) is 0 Å². The van der Waals surface area contributed by atoms with Crippen LogP contribution in [-0.4, -0.2) is 70.0 Å². The van der Waals surface area contributed by atoms with Crippen molar-refractivity contribution in [3.8, 4) is 0 Å². The van der Waals surface area contributed by atoms with Crippen molar-refractivity contribution in [2.75, 3.05) is 32.8 Å². The molecule has 0 saturated carbocycles. The van der Waals surface area contributed by atoms with Crippen LogP contribution >= 0.6 is 0 Å². The Bertz CT molecular complexity index is 861. The molecule has 4 rings (SSSR count). The number of piperidine rings is 1. The summed E-state index contributed by atoms with van der Waals surface area (Å²) < 4.78 is 6.10. The number of hydrogen-bond donors (Lipinski definition) is 0. The van der Waals surface area contributed by atoms with Crippen molar-refractivity contribution in [3.63, 3.8) is 0 Å². The minimum Gasteiger partial charge on any atom is -0.372 e. The first kappa shape index (κ1) is 17.9. The maximum absolute atomic E-state index is 12.9. The Balaban J connectivity index is 1.46. The number of likely N-dealkylation sites (tertiary alicyclic amines) is 1. The largest absolute Gasteiger partial charge is 0.372 e. The van der Waals surface area contributed by atoms with E-state index in [1.165, 1.54) is 0 Å². The molecule has 2 saturated heterocycles. The second-order valence-electron chi connectivity index (χ2n) is 7.23.